The Morgan fingerprint density at radius 2 is 1.76 bits per heavy atom. The number of ether oxygens (including phenoxy) is 1. The maximum Gasteiger partial charge on any atom is 0.262 e. The van der Waals surface area contributed by atoms with Gasteiger partial charge in [-0.3, -0.25) is 15.6 Å². The first kappa shape index (κ1) is 18.7. The van der Waals surface area contributed by atoms with E-state index in [1.54, 1.807) is 13.2 Å². The average molecular weight is 357 g/mol. The second-order valence-electron chi connectivity index (χ2n) is 6.62. The Kier molecular flexibility index (Phi) is 5.98. The van der Waals surface area contributed by atoms with Crippen LogP contribution in [0.5, 0.6) is 5.75 Å². The summed E-state index contributed by atoms with van der Waals surface area (Å²) in [6, 6.07) is 11.8. The molecule has 0 fully saturated rings. The quantitative estimate of drug-likeness (QED) is 0.447. The molecule has 5 nitrogen and oxygen atoms in total. The first-order valence-corrected chi connectivity index (χ1v) is 8.32. The summed E-state index contributed by atoms with van der Waals surface area (Å²) in [7, 11) is 1.65. The van der Waals surface area contributed by atoms with Crippen molar-refractivity contribution in [2.75, 3.05) is 7.11 Å². The SMILES string of the molecule is COc1ccc2cc(/C=C/C(=O)NNC(=S)NC(C)(C)C)ccc2c1. The smallest absolute Gasteiger partial charge is 0.262 e. The summed E-state index contributed by atoms with van der Waals surface area (Å²) >= 11 is 5.10. The molecule has 0 saturated heterocycles. The van der Waals surface area contributed by atoms with Gasteiger partial charge in [0.05, 0.1) is 7.11 Å². The molecule has 132 valence electrons. The van der Waals surface area contributed by atoms with Crippen molar-refractivity contribution in [3.05, 3.63) is 48.0 Å². The van der Waals surface area contributed by atoms with Crippen molar-refractivity contribution in [1.82, 2.24) is 16.2 Å². The van der Waals surface area contributed by atoms with Crippen molar-refractivity contribution in [2.45, 2.75) is 26.3 Å². The predicted octanol–water partition coefficient (Wildman–Crippen LogP) is 3.16. The van der Waals surface area contributed by atoms with Gasteiger partial charge >= 0.3 is 0 Å². The van der Waals surface area contributed by atoms with Gasteiger partial charge in [-0.25, -0.2) is 0 Å². The molecule has 0 aromatic heterocycles. The lowest BCUT2D eigenvalue weighted by Gasteiger charge is -2.22. The minimum absolute atomic E-state index is 0.168. The maximum atomic E-state index is 11.9. The van der Waals surface area contributed by atoms with Gasteiger partial charge in [0, 0.05) is 11.6 Å². The number of rotatable bonds is 3. The molecular formula is C19H23N3O2S. The van der Waals surface area contributed by atoms with Crippen molar-refractivity contribution < 1.29 is 9.53 Å². The summed E-state index contributed by atoms with van der Waals surface area (Å²) in [5, 5.41) is 5.58. The van der Waals surface area contributed by atoms with E-state index in [0.717, 1.165) is 22.1 Å². The Labute approximate surface area is 153 Å². The number of amides is 1. The van der Waals surface area contributed by atoms with Crippen molar-refractivity contribution in [3.8, 4) is 5.75 Å². The normalized spacial score (nSPS) is 11.4. The van der Waals surface area contributed by atoms with Gasteiger partial charge in [0.25, 0.3) is 5.91 Å². The van der Waals surface area contributed by atoms with Gasteiger partial charge in [-0.15, -0.1) is 0 Å². The molecule has 0 aliphatic rings. The lowest BCUT2D eigenvalue weighted by Crippen LogP contribution is -2.51. The lowest BCUT2D eigenvalue weighted by atomic mass is 10.1. The Morgan fingerprint density at radius 3 is 2.44 bits per heavy atom. The minimum atomic E-state index is -0.284. The van der Waals surface area contributed by atoms with E-state index in [2.05, 4.69) is 16.2 Å². The topological polar surface area (TPSA) is 62.4 Å². The predicted molar refractivity (Wildman–Crippen MR) is 106 cm³/mol. The standard InChI is InChI=1S/C19H23N3O2S/c1-19(2,3)20-18(25)22-21-17(23)10-6-13-5-7-15-12-16(24-4)9-8-14(15)11-13/h5-12H,1-4H3,(H,21,23)(H2,20,22,25)/b10-6+. The first-order chi connectivity index (χ1) is 11.8. The number of thiocarbonyl (C=S) groups is 1. The average Bonchev–Trinajstić information content (AvgIpc) is 2.56. The van der Waals surface area contributed by atoms with Gasteiger partial charge in [0.1, 0.15) is 5.75 Å². The number of carbonyl (C=O) groups excluding carboxylic acids is 1. The zero-order chi connectivity index (χ0) is 18.4. The molecule has 0 atom stereocenters. The summed E-state index contributed by atoms with van der Waals surface area (Å²) < 4.78 is 5.22. The molecule has 0 unspecified atom stereocenters. The summed E-state index contributed by atoms with van der Waals surface area (Å²) in [5.74, 6) is 0.536. The molecule has 0 radical (unpaired) electrons. The molecule has 0 aliphatic carbocycles. The third-order valence-corrected chi connectivity index (χ3v) is 3.49. The van der Waals surface area contributed by atoms with E-state index in [1.165, 1.54) is 6.08 Å². The van der Waals surface area contributed by atoms with E-state index in [-0.39, 0.29) is 11.4 Å². The molecule has 1 amide bonds. The second kappa shape index (κ2) is 7.98. The second-order valence-corrected chi connectivity index (χ2v) is 7.03. The number of carbonyl (C=O) groups is 1. The van der Waals surface area contributed by atoms with E-state index < -0.39 is 0 Å². The molecule has 0 heterocycles. The Morgan fingerprint density at radius 1 is 1.08 bits per heavy atom. The zero-order valence-electron chi connectivity index (χ0n) is 14.8. The van der Waals surface area contributed by atoms with Crippen LogP contribution in [0.3, 0.4) is 0 Å². The highest BCUT2D eigenvalue weighted by Crippen LogP contribution is 2.22. The largest absolute Gasteiger partial charge is 0.497 e. The molecule has 0 spiro atoms. The van der Waals surface area contributed by atoms with Gasteiger partial charge < -0.3 is 10.1 Å². The van der Waals surface area contributed by atoms with Crippen LogP contribution in [0.25, 0.3) is 16.8 Å². The van der Waals surface area contributed by atoms with Crippen molar-refractivity contribution in [1.29, 1.82) is 0 Å². The first-order valence-electron chi connectivity index (χ1n) is 7.91. The number of nitrogens with one attached hydrogen (secondary N) is 3. The fraction of sp³-hybridized carbons (Fsp3) is 0.263. The Bertz CT molecular complexity index is 810. The number of hydrogen-bond donors (Lipinski definition) is 3. The highest BCUT2D eigenvalue weighted by atomic mass is 32.1. The number of hydrogen-bond acceptors (Lipinski definition) is 3. The fourth-order valence-corrected chi connectivity index (χ4v) is 2.53. The summed E-state index contributed by atoms with van der Waals surface area (Å²) in [5.41, 5.74) is 5.97. The highest BCUT2D eigenvalue weighted by Gasteiger charge is 2.10. The van der Waals surface area contributed by atoms with Crippen molar-refractivity contribution in [3.63, 3.8) is 0 Å². The van der Waals surface area contributed by atoms with E-state index in [4.69, 9.17) is 17.0 Å². The van der Waals surface area contributed by atoms with Crippen LogP contribution in [-0.2, 0) is 4.79 Å². The van der Waals surface area contributed by atoms with Crippen LogP contribution in [-0.4, -0.2) is 23.7 Å². The molecule has 6 heteroatoms. The summed E-state index contributed by atoms with van der Waals surface area (Å²) in [6.45, 7) is 5.95. The minimum Gasteiger partial charge on any atom is -0.497 e. The molecule has 0 aliphatic heterocycles. The van der Waals surface area contributed by atoms with Crippen LogP contribution < -0.4 is 20.9 Å². The Balaban J connectivity index is 1.95. The van der Waals surface area contributed by atoms with Crippen molar-refractivity contribution >= 4 is 40.1 Å². The van der Waals surface area contributed by atoms with Crippen LogP contribution in [0.4, 0.5) is 0 Å². The third kappa shape index (κ3) is 6.08. The molecule has 2 aromatic carbocycles. The summed E-state index contributed by atoms with van der Waals surface area (Å²) in [4.78, 5) is 11.9. The highest BCUT2D eigenvalue weighted by molar-refractivity contribution is 7.80. The molecular weight excluding hydrogens is 334 g/mol. The van der Waals surface area contributed by atoms with Gasteiger partial charge in [0.2, 0.25) is 0 Å². The number of fused-ring (bicyclic) bond motifs is 1. The fourth-order valence-electron chi connectivity index (χ4n) is 2.18. The van der Waals surface area contributed by atoms with E-state index in [9.17, 15) is 4.79 Å². The number of benzene rings is 2. The van der Waals surface area contributed by atoms with Gasteiger partial charge in [-0.1, -0.05) is 18.2 Å². The van der Waals surface area contributed by atoms with E-state index >= 15 is 0 Å². The molecule has 2 rings (SSSR count). The van der Waals surface area contributed by atoms with Crippen LogP contribution >= 0.6 is 12.2 Å². The van der Waals surface area contributed by atoms with Gasteiger partial charge in [-0.05, 0) is 73.6 Å². The Hall–Kier alpha value is -2.60. The molecule has 3 N–H and O–H groups in total. The van der Waals surface area contributed by atoms with Crippen LogP contribution in [0, 0.1) is 0 Å². The van der Waals surface area contributed by atoms with Gasteiger partial charge in [-0.2, -0.15) is 0 Å². The van der Waals surface area contributed by atoms with Crippen LogP contribution in [0.15, 0.2) is 42.5 Å². The monoisotopic (exact) mass is 357 g/mol. The van der Waals surface area contributed by atoms with Crippen LogP contribution in [0.2, 0.25) is 0 Å². The molecule has 0 bridgehead atoms. The maximum absolute atomic E-state index is 11.9. The summed E-state index contributed by atoms with van der Waals surface area (Å²) in [6.07, 6.45) is 3.21. The van der Waals surface area contributed by atoms with E-state index in [0.29, 0.717) is 5.11 Å². The molecule has 25 heavy (non-hydrogen) atoms. The number of hydrazine groups is 1. The molecule has 0 saturated carbocycles. The van der Waals surface area contributed by atoms with Gasteiger partial charge in [0.15, 0.2) is 5.11 Å². The van der Waals surface area contributed by atoms with E-state index in [1.807, 2.05) is 57.2 Å². The van der Waals surface area contributed by atoms with Crippen LogP contribution in [0.1, 0.15) is 26.3 Å². The zero-order valence-corrected chi connectivity index (χ0v) is 15.7. The number of methoxy groups -OCH3 is 1. The van der Waals surface area contributed by atoms with Crippen molar-refractivity contribution in [2.24, 2.45) is 0 Å². The lowest BCUT2D eigenvalue weighted by molar-refractivity contribution is -0.117. The third-order valence-electron chi connectivity index (χ3n) is 3.29. The molecule has 2 aromatic rings.